The average Bonchev–Trinajstić information content (AvgIpc) is 3.00. The molecule has 2 rings (SSSR count). The summed E-state index contributed by atoms with van der Waals surface area (Å²) < 4.78 is 18.4. The summed E-state index contributed by atoms with van der Waals surface area (Å²) in [6, 6.07) is 7.62. The Kier molecular flexibility index (Phi) is 5.43. The van der Waals surface area contributed by atoms with Crippen LogP contribution in [0.4, 0.5) is 10.1 Å². The average molecular weight is 319 g/mol. The number of carbonyl (C=O) groups is 2. The number of benzene rings is 1. The summed E-state index contributed by atoms with van der Waals surface area (Å²) in [6.07, 6.45) is 1.81. The lowest BCUT2D eigenvalue weighted by Crippen LogP contribution is -2.29. The molecule has 1 amide bonds. The number of anilines is 1. The molecule has 0 saturated heterocycles. The van der Waals surface area contributed by atoms with Crippen LogP contribution in [0, 0.1) is 5.82 Å². The first-order valence-corrected chi connectivity index (χ1v) is 7.47. The van der Waals surface area contributed by atoms with Crippen molar-refractivity contribution in [3.63, 3.8) is 0 Å². The molecular formula is C16H14FNO3S. The van der Waals surface area contributed by atoms with Crippen molar-refractivity contribution in [1.29, 1.82) is 0 Å². The highest BCUT2D eigenvalue weighted by Crippen LogP contribution is 2.13. The lowest BCUT2D eigenvalue weighted by Gasteiger charge is -2.12. The summed E-state index contributed by atoms with van der Waals surface area (Å²) >= 11 is 1.51. The van der Waals surface area contributed by atoms with Crippen LogP contribution in [0.3, 0.4) is 0 Å². The molecule has 22 heavy (non-hydrogen) atoms. The Balaban J connectivity index is 1.88. The third-order valence-corrected chi connectivity index (χ3v) is 3.45. The first kappa shape index (κ1) is 15.9. The van der Waals surface area contributed by atoms with Crippen LogP contribution < -0.4 is 5.32 Å². The SMILES string of the molecule is C[C@H](OC(=O)/C=C/c1ccsc1)C(=O)Nc1ccccc1F. The number of para-hydroxylation sites is 1. The van der Waals surface area contributed by atoms with E-state index in [1.165, 1.54) is 42.5 Å². The number of hydrogen-bond acceptors (Lipinski definition) is 4. The van der Waals surface area contributed by atoms with Crippen molar-refractivity contribution in [2.75, 3.05) is 5.32 Å². The predicted octanol–water partition coefficient (Wildman–Crippen LogP) is 3.47. The molecule has 6 heteroatoms. The number of halogens is 1. The zero-order chi connectivity index (χ0) is 15.9. The predicted molar refractivity (Wildman–Crippen MR) is 83.9 cm³/mol. The summed E-state index contributed by atoms with van der Waals surface area (Å²) in [7, 11) is 0. The zero-order valence-corrected chi connectivity index (χ0v) is 12.6. The quantitative estimate of drug-likeness (QED) is 0.678. The Morgan fingerprint density at radius 2 is 2.09 bits per heavy atom. The molecule has 1 aromatic carbocycles. The molecule has 0 saturated carbocycles. The normalized spacial score (nSPS) is 12.1. The van der Waals surface area contributed by atoms with Gasteiger partial charge < -0.3 is 10.1 Å². The summed E-state index contributed by atoms with van der Waals surface area (Å²) in [5.41, 5.74) is 0.926. The van der Waals surface area contributed by atoms with Crippen LogP contribution in [-0.2, 0) is 14.3 Å². The van der Waals surface area contributed by atoms with Crippen molar-refractivity contribution >= 4 is 35.0 Å². The van der Waals surface area contributed by atoms with Gasteiger partial charge in [-0.1, -0.05) is 12.1 Å². The molecule has 0 fully saturated rings. The molecule has 4 nitrogen and oxygen atoms in total. The second-order valence-corrected chi connectivity index (χ2v) is 5.22. The molecule has 0 bridgehead atoms. The van der Waals surface area contributed by atoms with Crippen molar-refractivity contribution in [2.45, 2.75) is 13.0 Å². The fourth-order valence-electron chi connectivity index (χ4n) is 1.60. The third kappa shape index (κ3) is 4.53. The standard InChI is InChI=1S/C16H14FNO3S/c1-11(16(20)18-14-5-3-2-4-13(14)17)21-15(19)7-6-12-8-9-22-10-12/h2-11H,1H3,(H,18,20)/b7-6+/t11-/m0/s1. The van der Waals surface area contributed by atoms with Gasteiger partial charge in [-0.25, -0.2) is 9.18 Å². The number of hydrogen-bond donors (Lipinski definition) is 1. The molecule has 0 aliphatic heterocycles. The van der Waals surface area contributed by atoms with Crippen LogP contribution in [0.1, 0.15) is 12.5 Å². The smallest absolute Gasteiger partial charge is 0.331 e. The fraction of sp³-hybridized carbons (Fsp3) is 0.125. The van der Waals surface area contributed by atoms with Gasteiger partial charge >= 0.3 is 5.97 Å². The topological polar surface area (TPSA) is 55.4 Å². The Labute approximate surface area is 131 Å². The van der Waals surface area contributed by atoms with Crippen molar-refractivity contribution < 1.29 is 18.7 Å². The number of rotatable bonds is 5. The second-order valence-electron chi connectivity index (χ2n) is 4.44. The minimum Gasteiger partial charge on any atom is -0.449 e. The number of nitrogens with one attached hydrogen (secondary N) is 1. The Bertz CT molecular complexity index is 682. The van der Waals surface area contributed by atoms with E-state index in [0.29, 0.717) is 0 Å². The van der Waals surface area contributed by atoms with E-state index in [-0.39, 0.29) is 5.69 Å². The van der Waals surface area contributed by atoms with E-state index in [1.54, 1.807) is 12.1 Å². The van der Waals surface area contributed by atoms with Gasteiger partial charge in [0, 0.05) is 6.08 Å². The van der Waals surface area contributed by atoms with E-state index in [4.69, 9.17) is 4.74 Å². The molecule has 0 spiro atoms. The van der Waals surface area contributed by atoms with Gasteiger partial charge in [-0.2, -0.15) is 11.3 Å². The molecule has 0 aliphatic rings. The maximum Gasteiger partial charge on any atom is 0.331 e. The minimum absolute atomic E-state index is 0.0456. The number of esters is 1. The van der Waals surface area contributed by atoms with E-state index < -0.39 is 23.8 Å². The largest absolute Gasteiger partial charge is 0.449 e. The van der Waals surface area contributed by atoms with Gasteiger partial charge in [-0.15, -0.1) is 0 Å². The molecule has 1 heterocycles. The lowest BCUT2D eigenvalue weighted by molar-refractivity contribution is -0.148. The van der Waals surface area contributed by atoms with Crippen LogP contribution in [-0.4, -0.2) is 18.0 Å². The van der Waals surface area contributed by atoms with E-state index in [1.807, 2.05) is 16.8 Å². The molecule has 1 N–H and O–H groups in total. The van der Waals surface area contributed by atoms with Gasteiger partial charge in [0.15, 0.2) is 6.10 Å². The first-order valence-electron chi connectivity index (χ1n) is 6.52. The highest BCUT2D eigenvalue weighted by atomic mass is 32.1. The van der Waals surface area contributed by atoms with E-state index in [9.17, 15) is 14.0 Å². The number of carbonyl (C=O) groups excluding carboxylic acids is 2. The van der Waals surface area contributed by atoms with Crippen molar-refractivity contribution in [3.05, 3.63) is 58.5 Å². The van der Waals surface area contributed by atoms with Crippen LogP contribution in [0.25, 0.3) is 6.08 Å². The monoisotopic (exact) mass is 319 g/mol. The molecule has 1 atom stereocenters. The van der Waals surface area contributed by atoms with Crippen molar-refractivity contribution in [3.8, 4) is 0 Å². The minimum atomic E-state index is -1.03. The zero-order valence-electron chi connectivity index (χ0n) is 11.8. The van der Waals surface area contributed by atoms with Crippen molar-refractivity contribution in [2.24, 2.45) is 0 Å². The highest BCUT2D eigenvalue weighted by Gasteiger charge is 2.17. The highest BCUT2D eigenvalue weighted by molar-refractivity contribution is 7.08. The summed E-state index contributed by atoms with van der Waals surface area (Å²) in [5.74, 6) is -1.78. The van der Waals surface area contributed by atoms with Crippen LogP contribution in [0.15, 0.2) is 47.2 Å². The van der Waals surface area contributed by atoms with Gasteiger partial charge in [0.2, 0.25) is 0 Å². The van der Waals surface area contributed by atoms with Crippen molar-refractivity contribution in [1.82, 2.24) is 0 Å². The number of ether oxygens (including phenoxy) is 1. The Morgan fingerprint density at radius 1 is 1.32 bits per heavy atom. The third-order valence-electron chi connectivity index (χ3n) is 2.75. The summed E-state index contributed by atoms with van der Waals surface area (Å²) in [5, 5.41) is 6.13. The molecular weight excluding hydrogens is 305 g/mol. The van der Waals surface area contributed by atoms with Crippen LogP contribution in [0.5, 0.6) is 0 Å². The molecule has 0 radical (unpaired) electrons. The van der Waals surface area contributed by atoms with Gasteiger partial charge in [-0.3, -0.25) is 4.79 Å². The molecule has 0 unspecified atom stereocenters. The molecule has 2 aromatic rings. The maximum atomic E-state index is 13.4. The fourth-order valence-corrected chi connectivity index (χ4v) is 2.23. The first-order chi connectivity index (χ1) is 10.6. The number of thiophene rings is 1. The van der Waals surface area contributed by atoms with Crippen LogP contribution >= 0.6 is 11.3 Å². The lowest BCUT2D eigenvalue weighted by atomic mass is 10.3. The van der Waals surface area contributed by atoms with E-state index >= 15 is 0 Å². The Hall–Kier alpha value is -2.47. The van der Waals surface area contributed by atoms with Gasteiger partial charge in [0.05, 0.1) is 5.69 Å². The Morgan fingerprint density at radius 3 is 2.77 bits per heavy atom. The molecule has 114 valence electrons. The summed E-state index contributed by atoms with van der Waals surface area (Å²) in [4.78, 5) is 23.5. The second kappa shape index (κ2) is 7.51. The molecule has 0 aliphatic carbocycles. The van der Waals surface area contributed by atoms with E-state index in [2.05, 4.69) is 5.32 Å². The van der Waals surface area contributed by atoms with Gasteiger partial charge in [-0.05, 0) is 47.5 Å². The number of amides is 1. The van der Waals surface area contributed by atoms with E-state index in [0.717, 1.165) is 5.56 Å². The summed E-state index contributed by atoms with van der Waals surface area (Å²) in [6.45, 7) is 1.42. The van der Waals surface area contributed by atoms with Gasteiger partial charge in [0.1, 0.15) is 5.82 Å². The molecule has 1 aromatic heterocycles. The van der Waals surface area contributed by atoms with Gasteiger partial charge in [0.25, 0.3) is 5.91 Å². The van der Waals surface area contributed by atoms with Crippen LogP contribution in [0.2, 0.25) is 0 Å². The maximum absolute atomic E-state index is 13.4.